The molecule has 1 rings (SSSR count). The number of aliphatic carboxylic acids is 1. The lowest BCUT2D eigenvalue weighted by Gasteiger charge is -2.11. The van der Waals surface area contributed by atoms with Crippen molar-refractivity contribution in [2.75, 3.05) is 6.54 Å². The topological polar surface area (TPSA) is 148 Å². The Morgan fingerprint density at radius 3 is 2.68 bits per heavy atom. The van der Waals surface area contributed by atoms with Gasteiger partial charge in [0.05, 0.1) is 11.4 Å². The van der Waals surface area contributed by atoms with Crippen LogP contribution in [0.25, 0.3) is 0 Å². The predicted molar refractivity (Wildman–Crippen MR) is 67.6 cm³/mol. The molecule has 2 amide bonds. The number of carbonyl (C=O) groups excluding carboxylic acids is 2. The van der Waals surface area contributed by atoms with E-state index < -0.39 is 30.2 Å². The fraction of sp³-hybridized carbons (Fsp3) is 0.400. The number of hydrogen-bond acceptors (Lipinski definition) is 6. The Morgan fingerprint density at radius 2 is 2.16 bits per heavy atom. The first kappa shape index (κ1) is 15.1. The fourth-order valence-corrected chi connectivity index (χ4v) is 2.08. The third-order valence-electron chi connectivity index (χ3n) is 2.15. The molecule has 104 valence electrons. The zero-order valence-corrected chi connectivity index (χ0v) is 10.8. The molecule has 0 fully saturated rings. The molecule has 1 aromatic heterocycles. The van der Waals surface area contributed by atoms with Gasteiger partial charge in [-0.15, -0.1) is 11.3 Å². The van der Waals surface area contributed by atoms with Crippen molar-refractivity contribution >= 4 is 29.1 Å². The van der Waals surface area contributed by atoms with Crippen molar-refractivity contribution in [2.45, 2.75) is 18.9 Å². The van der Waals surface area contributed by atoms with Gasteiger partial charge in [0.1, 0.15) is 11.7 Å². The molecule has 19 heavy (non-hydrogen) atoms. The van der Waals surface area contributed by atoms with Crippen LogP contribution in [0.15, 0.2) is 5.38 Å². The largest absolute Gasteiger partial charge is 0.480 e. The van der Waals surface area contributed by atoms with Gasteiger partial charge in [-0.25, -0.2) is 9.78 Å². The van der Waals surface area contributed by atoms with E-state index in [9.17, 15) is 14.4 Å². The molecule has 0 aliphatic carbocycles. The monoisotopic (exact) mass is 286 g/mol. The highest BCUT2D eigenvalue weighted by molar-refractivity contribution is 7.09. The SMILES string of the molecule is NCCc1nc(C(=O)N[C@@H](CC(N)=O)C(=O)O)cs1. The van der Waals surface area contributed by atoms with E-state index in [2.05, 4.69) is 10.3 Å². The van der Waals surface area contributed by atoms with Crippen LogP contribution in [0.3, 0.4) is 0 Å². The summed E-state index contributed by atoms with van der Waals surface area (Å²) >= 11 is 1.26. The average molecular weight is 286 g/mol. The van der Waals surface area contributed by atoms with E-state index in [0.29, 0.717) is 18.0 Å². The molecule has 0 saturated heterocycles. The lowest BCUT2D eigenvalue weighted by atomic mass is 10.2. The van der Waals surface area contributed by atoms with Crippen molar-refractivity contribution in [3.63, 3.8) is 0 Å². The highest BCUT2D eigenvalue weighted by Crippen LogP contribution is 2.10. The zero-order valence-electron chi connectivity index (χ0n) is 9.96. The number of carboxylic acids is 1. The summed E-state index contributed by atoms with van der Waals surface area (Å²) in [5.74, 6) is -2.80. The van der Waals surface area contributed by atoms with Crippen LogP contribution in [0.4, 0.5) is 0 Å². The maximum Gasteiger partial charge on any atom is 0.326 e. The van der Waals surface area contributed by atoms with Crippen molar-refractivity contribution in [1.82, 2.24) is 10.3 Å². The summed E-state index contributed by atoms with van der Waals surface area (Å²) in [6.07, 6.45) is 0.0719. The molecule has 9 heteroatoms. The standard InChI is InChI=1S/C10H14N4O4S/c11-2-1-8-13-6(4-19-8)9(16)14-5(10(17)18)3-7(12)15/h4-5H,1-3,11H2,(H2,12,15)(H,14,16)(H,17,18)/t5-/m0/s1. The van der Waals surface area contributed by atoms with Crippen LogP contribution < -0.4 is 16.8 Å². The Bertz CT molecular complexity index is 488. The quantitative estimate of drug-likeness (QED) is 0.489. The lowest BCUT2D eigenvalue weighted by Crippen LogP contribution is -2.43. The molecule has 6 N–H and O–H groups in total. The van der Waals surface area contributed by atoms with Crippen molar-refractivity contribution < 1.29 is 19.5 Å². The summed E-state index contributed by atoms with van der Waals surface area (Å²) in [4.78, 5) is 37.3. The molecule has 0 aliphatic rings. The van der Waals surface area contributed by atoms with Gasteiger partial charge < -0.3 is 21.9 Å². The van der Waals surface area contributed by atoms with Crippen LogP contribution in [0.5, 0.6) is 0 Å². The number of hydrogen-bond donors (Lipinski definition) is 4. The van der Waals surface area contributed by atoms with Gasteiger partial charge in [-0.1, -0.05) is 0 Å². The highest BCUT2D eigenvalue weighted by atomic mass is 32.1. The highest BCUT2D eigenvalue weighted by Gasteiger charge is 2.23. The van der Waals surface area contributed by atoms with Crippen molar-refractivity contribution in [3.8, 4) is 0 Å². The lowest BCUT2D eigenvalue weighted by molar-refractivity contribution is -0.140. The molecule has 0 bridgehead atoms. The Kier molecular flexibility index (Phi) is 5.39. The van der Waals surface area contributed by atoms with Crippen LogP contribution in [0.2, 0.25) is 0 Å². The minimum atomic E-state index is -1.36. The van der Waals surface area contributed by atoms with Gasteiger partial charge in [0, 0.05) is 11.8 Å². The number of carboxylic acid groups (broad SMARTS) is 1. The molecule has 0 spiro atoms. The number of nitrogens with two attached hydrogens (primary N) is 2. The van der Waals surface area contributed by atoms with E-state index in [1.807, 2.05) is 0 Å². The molecule has 1 aromatic rings. The number of carbonyl (C=O) groups is 3. The Labute approximate surface area is 112 Å². The molecule has 0 saturated carbocycles. The first-order valence-corrected chi connectivity index (χ1v) is 6.28. The summed E-state index contributed by atoms with van der Waals surface area (Å²) < 4.78 is 0. The zero-order chi connectivity index (χ0) is 14.4. The van der Waals surface area contributed by atoms with E-state index in [1.54, 1.807) is 0 Å². The first-order valence-electron chi connectivity index (χ1n) is 5.40. The molecular weight excluding hydrogens is 272 g/mol. The van der Waals surface area contributed by atoms with E-state index in [1.165, 1.54) is 16.7 Å². The van der Waals surface area contributed by atoms with Gasteiger partial charge in [0.2, 0.25) is 5.91 Å². The Morgan fingerprint density at radius 1 is 1.47 bits per heavy atom. The summed E-state index contributed by atoms with van der Waals surface area (Å²) in [6.45, 7) is 0.411. The minimum Gasteiger partial charge on any atom is -0.480 e. The maximum absolute atomic E-state index is 11.7. The number of rotatable bonds is 7. The second-order valence-electron chi connectivity index (χ2n) is 3.70. The molecule has 0 aromatic carbocycles. The first-order chi connectivity index (χ1) is 8.93. The number of primary amides is 1. The smallest absolute Gasteiger partial charge is 0.326 e. The van der Waals surface area contributed by atoms with Crippen LogP contribution in [-0.2, 0) is 16.0 Å². The average Bonchev–Trinajstić information content (AvgIpc) is 2.76. The summed E-state index contributed by atoms with van der Waals surface area (Å²) in [6, 6.07) is -1.36. The summed E-state index contributed by atoms with van der Waals surface area (Å²) in [7, 11) is 0. The number of thiazole rings is 1. The third-order valence-corrected chi connectivity index (χ3v) is 3.06. The third kappa shape index (κ3) is 4.64. The second kappa shape index (κ2) is 6.81. The van der Waals surface area contributed by atoms with Gasteiger partial charge in [0.15, 0.2) is 0 Å². The second-order valence-corrected chi connectivity index (χ2v) is 4.64. The molecule has 0 radical (unpaired) electrons. The van der Waals surface area contributed by atoms with Crippen molar-refractivity contribution in [3.05, 3.63) is 16.1 Å². The Hall–Kier alpha value is -2.00. The van der Waals surface area contributed by atoms with Crippen molar-refractivity contribution in [1.29, 1.82) is 0 Å². The van der Waals surface area contributed by atoms with E-state index in [-0.39, 0.29) is 5.69 Å². The Balaban J connectivity index is 2.70. The summed E-state index contributed by atoms with van der Waals surface area (Å²) in [5.41, 5.74) is 10.4. The molecule has 0 unspecified atom stereocenters. The normalized spacial score (nSPS) is 11.8. The van der Waals surface area contributed by atoms with Crippen LogP contribution >= 0.6 is 11.3 Å². The molecule has 8 nitrogen and oxygen atoms in total. The molecule has 1 atom stereocenters. The molecule has 0 aliphatic heterocycles. The molecular formula is C10H14N4O4S. The van der Waals surface area contributed by atoms with Gasteiger partial charge in [-0.05, 0) is 6.54 Å². The van der Waals surface area contributed by atoms with Gasteiger partial charge in [-0.3, -0.25) is 9.59 Å². The van der Waals surface area contributed by atoms with E-state index >= 15 is 0 Å². The predicted octanol–water partition coefficient (Wildman–Crippen LogP) is -1.30. The number of nitrogens with one attached hydrogen (secondary N) is 1. The maximum atomic E-state index is 11.7. The number of nitrogens with zero attached hydrogens (tertiary/aromatic N) is 1. The van der Waals surface area contributed by atoms with E-state index in [0.717, 1.165) is 0 Å². The van der Waals surface area contributed by atoms with E-state index in [4.69, 9.17) is 16.6 Å². The number of amides is 2. The van der Waals surface area contributed by atoms with Crippen LogP contribution in [-0.4, -0.2) is 40.5 Å². The van der Waals surface area contributed by atoms with Crippen LogP contribution in [0.1, 0.15) is 21.9 Å². The molecule has 1 heterocycles. The van der Waals surface area contributed by atoms with Gasteiger partial charge >= 0.3 is 5.97 Å². The minimum absolute atomic E-state index is 0.101. The van der Waals surface area contributed by atoms with Gasteiger partial charge in [-0.2, -0.15) is 0 Å². The van der Waals surface area contributed by atoms with Gasteiger partial charge in [0.25, 0.3) is 5.91 Å². The fourth-order valence-electron chi connectivity index (χ4n) is 1.29. The number of aromatic nitrogens is 1. The van der Waals surface area contributed by atoms with Crippen molar-refractivity contribution in [2.24, 2.45) is 11.5 Å². The van der Waals surface area contributed by atoms with Crippen LogP contribution in [0, 0.1) is 0 Å². The summed E-state index contributed by atoms with van der Waals surface area (Å²) in [5, 5.41) is 13.2.